The first-order valence-corrected chi connectivity index (χ1v) is 10.1. The third-order valence-corrected chi connectivity index (χ3v) is 5.13. The van der Waals surface area contributed by atoms with Gasteiger partial charge in [-0.25, -0.2) is 22.4 Å². The average molecular weight is 497 g/mol. The Labute approximate surface area is 195 Å². The lowest BCUT2D eigenvalue weighted by atomic mass is 9.88. The van der Waals surface area contributed by atoms with Gasteiger partial charge < -0.3 is 10.1 Å². The topological polar surface area (TPSA) is 38.3 Å². The molecule has 3 nitrogen and oxygen atoms in total. The molecule has 1 unspecified atom stereocenters. The third-order valence-electron chi connectivity index (χ3n) is 5.13. The highest BCUT2D eigenvalue weighted by Crippen LogP contribution is 2.39. The number of carbonyl (C=O) groups excluding carboxylic acids is 1. The van der Waals surface area contributed by atoms with Crippen molar-refractivity contribution in [1.82, 2.24) is 0 Å². The van der Waals surface area contributed by atoms with Crippen molar-refractivity contribution in [2.24, 2.45) is 0 Å². The Morgan fingerprint density at radius 3 is 1.86 bits per heavy atom. The predicted octanol–water partition coefficient (Wildman–Crippen LogP) is 6.54. The van der Waals surface area contributed by atoms with Crippen LogP contribution in [-0.2, 0) is 22.1 Å². The molecule has 3 aromatic carbocycles. The van der Waals surface area contributed by atoms with E-state index in [2.05, 4.69) is 5.32 Å². The van der Waals surface area contributed by atoms with Crippen LogP contribution in [0.1, 0.15) is 16.7 Å². The van der Waals surface area contributed by atoms with Gasteiger partial charge in [0.2, 0.25) is 0 Å². The summed E-state index contributed by atoms with van der Waals surface area (Å²) in [5.41, 5.74) is -5.50. The third kappa shape index (κ3) is 5.47. The molecule has 3 rings (SSSR count). The second-order valence-electron chi connectivity index (χ2n) is 7.50. The molecule has 0 spiro atoms. The Morgan fingerprint density at radius 2 is 1.37 bits per heavy atom. The molecule has 0 heterocycles. The van der Waals surface area contributed by atoms with E-state index >= 15 is 0 Å². The molecule has 0 amide bonds. The normalized spacial score (nSPS) is 13.5. The first-order valence-electron chi connectivity index (χ1n) is 10.1. The Kier molecular flexibility index (Phi) is 7.52. The van der Waals surface area contributed by atoms with Gasteiger partial charge in [-0.2, -0.15) is 13.2 Å². The largest absolute Gasteiger partial charge is 0.467 e. The fourth-order valence-electron chi connectivity index (χ4n) is 3.45. The smallest absolute Gasteiger partial charge is 0.422 e. The summed E-state index contributed by atoms with van der Waals surface area (Å²) < 4.78 is 102. The van der Waals surface area contributed by atoms with Crippen LogP contribution in [0.4, 0.5) is 36.4 Å². The first kappa shape index (κ1) is 25.8. The maximum atomic E-state index is 14.7. The monoisotopic (exact) mass is 497 g/mol. The van der Waals surface area contributed by atoms with Crippen LogP contribution in [0.2, 0.25) is 0 Å². The number of halogens is 7. The van der Waals surface area contributed by atoms with Crippen molar-refractivity contribution in [3.63, 3.8) is 0 Å². The van der Waals surface area contributed by atoms with Crippen molar-refractivity contribution in [3.8, 4) is 0 Å². The summed E-state index contributed by atoms with van der Waals surface area (Å²) in [6, 6.07) is 16.3. The zero-order chi connectivity index (χ0) is 25.8. The fraction of sp³-hybridized carbons (Fsp3) is 0.160. The summed E-state index contributed by atoms with van der Waals surface area (Å²) in [6.45, 7) is 0. The van der Waals surface area contributed by atoms with Gasteiger partial charge >= 0.3 is 12.1 Å². The van der Waals surface area contributed by atoms with Crippen LogP contribution in [0.25, 0.3) is 6.08 Å². The highest BCUT2D eigenvalue weighted by Gasteiger charge is 2.45. The molecule has 0 radical (unpaired) electrons. The van der Waals surface area contributed by atoms with Crippen LogP contribution in [0.15, 0.2) is 66.7 Å². The van der Waals surface area contributed by atoms with Crippen molar-refractivity contribution in [2.45, 2.75) is 18.1 Å². The molecule has 3 aromatic rings. The number of ether oxygens (including phenoxy) is 1. The molecule has 0 fully saturated rings. The van der Waals surface area contributed by atoms with Crippen LogP contribution < -0.4 is 5.32 Å². The number of carbonyl (C=O) groups is 1. The number of nitrogens with one attached hydrogen (secondary N) is 1. The minimum Gasteiger partial charge on any atom is -0.467 e. The van der Waals surface area contributed by atoms with Gasteiger partial charge in [0.25, 0.3) is 0 Å². The number of benzene rings is 3. The van der Waals surface area contributed by atoms with Gasteiger partial charge in [0, 0.05) is 6.42 Å². The van der Waals surface area contributed by atoms with E-state index in [1.807, 2.05) is 0 Å². The molecule has 0 bridgehead atoms. The summed E-state index contributed by atoms with van der Waals surface area (Å²) in [5.74, 6) is -11.1. The predicted molar refractivity (Wildman–Crippen MR) is 115 cm³/mol. The first-order chi connectivity index (χ1) is 16.5. The van der Waals surface area contributed by atoms with Gasteiger partial charge in [-0.1, -0.05) is 66.7 Å². The SMILES string of the molecule is COC(=O)C(/C=C/c1ccccc1)(Cc1ccccc1)Nc1c(F)c(F)c(C(F)(F)F)c(F)c1F. The number of rotatable bonds is 7. The lowest BCUT2D eigenvalue weighted by molar-refractivity contribution is -0.145. The van der Waals surface area contributed by atoms with Crippen LogP contribution in [0.5, 0.6) is 0 Å². The lowest BCUT2D eigenvalue weighted by Gasteiger charge is -2.31. The second kappa shape index (κ2) is 10.2. The van der Waals surface area contributed by atoms with Gasteiger partial charge in [0.15, 0.2) is 28.8 Å². The van der Waals surface area contributed by atoms with Gasteiger partial charge in [-0.3, -0.25) is 0 Å². The summed E-state index contributed by atoms with van der Waals surface area (Å²) >= 11 is 0. The zero-order valence-corrected chi connectivity index (χ0v) is 18.1. The van der Waals surface area contributed by atoms with E-state index in [4.69, 9.17) is 4.74 Å². The summed E-state index contributed by atoms with van der Waals surface area (Å²) in [5, 5.41) is 2.10. The van der Waals surface area contributed by atoms with Crippen molar-refractivity contribution >= 4 is 17.7 Å². The minimum atomic E-state index is -5.70. The molecule has 0 aliphatic rings. The molecule has 0 saturated heterocycles. The average Bonchev–Trinajstić information content (AvgIpc) is 2.84. The Morgan fingerprint density at radius 1 is 0.857 bits per heavy atom. The van der Waals surface area contributed by atoms with Crippen molar-refractivity contribution in [1.29, 1.82) is 0 Å². The standard InChI is InChI=1S/C25H18F7NO2/c1-35-23(34)24(14-16-10-6-3-7-11-16,13-12-15-8-4-2-5-9-15)33-22-20(28)18(26)17(25(30,31)32)19(27)21(22)29/h2-13,33H,14H2,1H3/b13-12+. The van der Waals surface area contributed by atoms with Crippen LogP contribution in [-0.4, -0.2) is 18.6 Å². The van der Waals surface area contributed by atoms with Crippen LogP contribution in [0, 0.1) is 23.3 Å². The number of hydrogen-bond acceptors (Lipinski definition) is 3. The number of hydrogen-bond donors (Lipinski definition) is 1. The molecule has 1 atom stereocenters. The molecule has 0 aliphatic heterocycles. The molecule has 35 heavy (non-hydrogen) atoms. The molecule has 0 saturated carbocycles. The second-order valence-corrected chi connectivity index (χ2v) is 7.50. The van der Waals surface area contributed by atoms with E-state index in [0.717, 1.165) is 13.2 Å². The van der Waals surface area contributed by atoms with Gasteiger partial charge in [0.05, 0.1) is 7.11 Å². The highest BCUT2D eigenvalue weighted by molar-refractivity contribution is 5.89. The fourth-order valence-corrected chi connectivity index (χ4v) is 3.45. The van der Waals surface area contributed by atoms with Crippen LogP contribution in [0.3, 0.4) is 0 Å². The minimum absolute atomic E-state index is 0.340. The highest BCUT2D eigenvalue weighted by atomic mass is 19.4. The summed E-state index contributed by atoms with van der Waals surface area (Å²) in [4.78, 5) is 12.9. The van der Waals surface area contributed by atoms with Gasteiger partial charge in [-0.15, -0.1) is 0 Å². The van der Waals surface area contributed by atoms with Crippen molar-refractivity contribution in [2.75, 3.05) is 12.4 Å². The molecule has 0 aliphatic carbocycles. The van der Waals surface area contributed by atoms with E-state index in [-0.39, 0.29) is 6.42 Å². The Hall–Kier alpha value is -3.82. The summed E-state index contributed by atoms with van der Waals surface area (Å²) in [7, 11) is 0.973. The Bertz CT molecular complexity index is 1200. The van der Waals surface area contributed by atoms with Gasteiger partial charge in [0.1, 0.15) is 11.3 Å². The zero-order valence-electron chi connectivity index (χ0n) is 18.1. The molecular weight excluding hydrogens is 479 g/mol. The molecule has 10 heteroatoms. The van der Waals surface area contributed by atoms with E-state index in [9.17, 15) is 35.5 Å². The lowest BCUT2D eigenvalue weighted by Crippen LogP contribution is -2.48. The number of methoxy groups -OCH3 is 1. The number of alkyl halides is 3. The van der Waals surface area contributed by atoms with Crippen LogP contribution >= 0.6 is 0 Å². The molecular formula is C25H18F7NO2. The number of esters is 1. The van der Waals surface area contributed by atoms with Gasteiger partial charge in [-0.05, 0) is 17.2 Å². The van der Waals surface area contributed by atoms with E-state index in [0.29, 0.717) is 11.1 Å². The molecule has 0 aromatic heterocycles. The summed E-state index contributed by atoms with van der Waals surface area (Å²) in [6.07, 6.45) is -3.49. The van der Waals surface area contributed by atoms with E-state index in [1.165, 1.54) is 6.08 Å². The van der Waals surface area contributed by atoms with Crippen molar-refractivity contribution < 1.29 is 40.3 Å². The molecule has 1 N–H and O–H groups in total. The van der Waals surface area contributed by atoms with Crippen molar-refractivity contribution in [3.05, 3.63) is 107 Å². The van der Waals surface area contributed by atoms with E-state index < -0.39 is 52.2 Å². The molecule has 184 valence electrons. The maximum absolute atomic E-state index is 14.7. The van der Waals surface area contributed by atoms with E-state index in [1.54, 1.807) is 60.7 Å². The Balaban J connectivity index is 2.22. The quantitative estimate of drug-likeness (QED) is 0.229. The number of anilines is 1. The maximum Gasteiger partial charge on any atom is 0.422 e.